The average molecular weight is 370 g/mol. The lowest BCUT2D eigenvalue weighted by molar-refractivity contribution is -0.129. The van der Waals surface area contributed by atoms with Gasteiger partial charge in [-0.15, -0.1) is 0 Å². The molecule has 1 aliphatic carbocycles. The van der Waals surface area contributed by atoms with Crippen LogP contribution < -0.4 is 5.32 Å². The number of aryl methyl sites for hydroxylation is 1. The van der Waals surface area contributed by atoms with Crippen LogP contribution in [-0.4, -0.2) is 46.0 Å². The van der Waals surface area contributed by atoms with E-state index in [4.69, 9.17) is 4.52 Å². The number of nitrogens with one attached hydrogen (secondary N) is 1. The number of carbonyl (C=O) groups is 2. The summed E-state index contributed by atoms with van der Waals surface area (Å²) in [6, 6.07) is 1.44. The Kier molecular flexibility index (Phi) is 4.61. The van der Waals surface area contributed by atoms with Crippen molar-refractivity contribution in [2.24, 2.45) is 5.92 Å². The van der Waals surface area contributed by atoms with E-state index in [0.717, 1.165) is 37.1 Å². The van der Waals surface area contributed by atoms with Gasteiger partial charge in [0.2, 0.25) is 5.91 Å². The SMILES string of the molecule is CCCc1noc2nc(C3CC3)cc(C(=O)N3CCNC(=O)[C@H]3C(C)C)c12. The van der Waals surface area contributed by atoms with Crippen LogP contribution in [0.1, 0.15) is 67.7 Å². The summed E-state index contributed by atoms with van der Waals surface area (Å²) in [6.45, 7) is 6.98. The van der Waals surface area contributed by atoms with Crippen molar-refractivity contribution in [2.75, 3.05) is 13.1 Å². The molecule has 0 spiro atoms. The van der Waals surface area contributed by atoms with Gasteiger partial charge in [-0.05, 0) is 31.2 Å². The van der Waals surface area contributed by atoms with Gasteiger partial charge in [-0.25, -0.2) is 4.98 Å². The maximum Gasteiger partial charge on any atom is 0.259 e. The molecule has 2 aliphatic rings. The molecule has 1 aliphatic heterocycles. The Balaban J connectivity index is 1.81. The summed E-state index contributed by atoms with van der Waals surface area (Å²) in [5.74, 6) is 0.216. The van der Waals surface area contributed by atoms with Crippen LogP contribution in [0.25, 0.3) is 11.1 Å². The van der Waals surface area contributed by atoms with Crippen LogP contribution in [-0.2, 0) is 11.2 Å². The van der Waals surface area contributed by atoms with Crippen LogP contribution in [0, 0.1) is 5.92 Å². The van der Waals surface area contributed by atoms with Crippen molar-refractivity contribution in [1.29, 1.82) is 0 Å². The molecule has 4 rings (SSSR count). The second-order valence-corrected chi connectivity index (χ2v) is 7.91. The first-order valence-electron chi connectivity index (χ1n) is 9.89. The van der Waals surface area contributed by atoms with Crippen molar-refractivity contribution < 1.29 is 14.1 Å². The summed E-state index contributed by atoms with van der Waals surface area (Å²) in [6.07, 6.45) is 3.80. The van der Waals surface area contributed by atoms with Gasteiger partial charge in [0.15, 0.2) is 0 Å². The number of carbonyl (C=O) groups excluding carboxylic acids is 2. The quantitative estimate of drug-likeness (QED) is 0.874. The summed E-state index contributed by atoms with van der Waals surface area (Å²) in [7, 11) is 0. The number of rotatable bonds is 5. The molecule has 1 atom stereocenters. The van der Waals surface area contributed by atoms with E-state index >= 15 is 0 Å². The smallest absolute Gasteiger partial charge is 0.259 e. The van der Waals surface area contributed by atoms with Gasteiger partial charge in [0.1, 0.15) is 6.04 Å². The highest BCUT2D eigenvalue weighted by Gasteiger charge is 2.37. The Bertz CT molecular complexity index is 885. The van der Waals surface area contributed by atoms with Gasteiger partial charge in [0.25, 0.3) is 11.6 Å². The van der Waals surface area contributed by atoms with Crippen LogP contribution in [0.15, 0.2) is 10.6 Å². The summed E-state index contributed by atoms with van der Waals surface area (Å²) in [4.78, 5) is 32.3. The van der Waals surface area contributed by atoms with E-state index in [9.17, 15) is 9.59 Å². The monoisotopic (exact) mass is 370 g/mol. The molecule has 2 aromatic rings. The van der Waals surface area contributed by atoms with Gasteiger partial charge >= 0.3 is 0 Å². The highest BCUT2D eigenvalue weighted by molar-refractivity contribution is 6.07. The zero-order valence-corrected chi connectivity index (χ0v) is 16.1. The number of pyridine rings is 1. The lowest BCUT2D eigenvalue weighted by atomic mass is 9.97. The van der Waals surface area contributed by atoms with Crippen molar-refractivity contribution in [3.63, 3.8) is 0 Å². The average Bonchev–Trinajstić information content (AvgIpc) is 3.42. The van der Waals surface area contributed by atoms with E-state index in [2.05, 4.69) is 22.4 Å². The maximum atomic E-state index is 13.6. The van der Waals surface area contributed by atoms with Crippen molar-refractivity contribution in [3.05, 3.63) is 23.0 Å². The number of nitrogens with zero attached hydrogens (tertiary/aromatic N) is 3. The number of hydrogen-bond acceptors (Lipinski definition) is 5. The molecule has 3 heterocycles. The van der Waals surface area contributed by atoms with Crippen molar-refractivity contribution in [1.82, 2.24) is 20.4 Å². The molecule has 1 saturated carbocycles. The van der Waals surface area contributed by atoms with Crippen LogP contribution in [0.3, 0.4) is 0 Å². The summed E-state index contributed by atoms with van der Waals surface area (Å²) in [5, 5.41) is 7.76. The molecule has 7 nitrogen and oxygen atoms in total. The second-order valence-electron chi connectivity index (χ2n) is 7.91. The molecule has 0 unspecified atom stereocenters. The predicted octanol–water partition coefficient (Wildman–Crippen LogP) is 2.65. The van der Waals surface area contributed by atoms with Crippen molar-refractivity contribution in [3.8, 4) is 0 Å². The van der Waals surface area contributed by atoms with E-state index in [1.807, 2.05) is 19.9 Å². The zero-order chi connectivity index (χ0) is 19.1. The standard InChI is InChI=1S/C20H26N4O3/c1-4-5-14-16-13(10-15(12-6-7-12)22-19(16)27-23-14)20(26)24-9-8-21-18(25)17(24)11(2)3/h10-12,17H,4-9H2,1-3H3,(H,21,25)/t17-/m1/s1. The van der Waals surface area contributed by atoms with Gasteiger partial charge in [0, 0.05) is 24.7 Å². The lowest BCUT2D eigenvalue weighted by Gasteiger charge is -2.37. The molecular weight excluding hydrogens is 344 g/mol. The fourth-order valence-corrected chi connectivity index (χ4v) is 3.92. The molecule has 2 amide bonds. The molecule has 1 saturated heterocycles. The van der Waals surface area contributed by atoms with E-state index in [1.165, 1.54) is 0 Å². The van der Waals surface area contributed by atoms with Gasteiger partial charge in [0.05, 0.1) is 16.6 Å². The maximum absolute atomic E-state index is 13.6. The van der Waals surface area contributed by atoms with E-state index < -0.39 is 6.04 Å². The third-order valence-electron chi connectivity index (χ3n) is 5.40. The van der Waals surface area contributed by atoms with Gasteiger partial charge in [-0.1, -0.05) is 32.3 Å². The Morgan fingerprint density at radius 1 is 1.41 bits per heavy atom. The molecule has 2 fully saturated rings. The van der Waals surface area contributed by atoms with E-state index in [-0.39, 0.29) is 17.7 Å². The summed E-state index contributed by atoms with van der Waals surface area (Å²) in [5.41, 5.74) is 2.68. The Labute approximate surface area is 158 Å². The molecule has 0 aromatic carbocycles. The first-order valence-corrected chi connectivity index (χ1v) is 9.89. The minimum atomic E-state index is -0.465. The molecular formula is C20H26N4O3. The summed E-state index contributed by atoms with van der Waals surface area (Å²) >= 11 is 0. The van der Waals surface area contributed by atoms with Crippen molar-refractivity contribution >= 4 is 22.9 Å². The third-order valence-corrected chi connectivity index (χ3v) is 5.40. The van der Waals surface area contributed by atoms with Gasteiger partial charge in [-0.3, -0.25) is 9.59 Å². The number of fused-ring (bicyclic) bond motifs is 1. The molecule has 0 bridgehead atoms. The Morgan fingerprint density at radius 2 is 2.19 bits per heavy atom. The first kappa shape index (κ1) is 17.9. The Morgan fingerprint density at radius 3 is 2.85 bits per heavy atom. The molecule has 2 aromatic heterocycles. The van der Waals surface area contributed by atoms with Crippen LogP contribution in [0.5, 0.6) is 0 Å². The molecule has 0 radical (unpaired) electrons. The predicted molar refractivity (Wildman–Crippen MR) is 100 cm³/mol. The zero-order valence-electron chi connectivity index (χ0n) is 16.1. The molecule has 144 valence electrons. The fourth-order valence-electron chi connectivity index (χ4n) is 3.92. The minimum Gasteiger partial charge on any atom is -0.353 e. The molecule has 27 heavy (non-hydrogen) atoms. The van der Waals surface area contributed by atoms with Gasteiger partial charge < -0.3 is 14.7 Å². The summed E-state index contributed by atoms with van der Waals surface area (Å²) < 4.78 is 5.48. The van der Waals surface area contributed by atoms with Crippen LogP contribution >= 0.6 is 0 Å². The number of piperazine rings is 1. The van der Waals surface area contributed by atoms with Crippen LogP contribution in [0.4, 0.5) is 0 Å². The first-order chi connectivity index (χ1) is 13.0. The van der Waals surface area contributed by atoms with E-state index in [0.29, 0.717) is 35.7 Å². The highest BCUT2D eigenvalue weighted by atomic mass is 16.5. The molecule has 1 N–H and O–H groups in total. The Hall–Kier alpha value is -2.44. The topological polar surface area (TPSA) is 88.3 Å². The van der Waals surface area contributed by atoms with Crippen LogP contribution in [0.2, 0.25) is 0 Å². The number of hydrogen-bond donors (Lipinski definition) is 1. The number of aromatic nitrogens is 2. The van der Waals surface area contributed by atoms with Gasteiger partial charge in [-0.2, -0.15) is 0 Å². The second kappa shape index (κ2) is 6.94. The third kappa shape index (κ3) is 3.19. The number of amides is 2. The minimum absolute atomic E-state index is 0.0343. The van der Waals surface area contributed by atoms with E-state index in [1.54, 1.807) is 4.90 Å². The van der Waals surface area contributed by atoms with Crippen molar-refractivity contribution in [2.45, 2.75) is 58.4 Å². The normalized spacial score (nSPS) is 20.4. The highest BCUT2D eigenvalue weighted by Crippen LogP contribution is 2.41. The lowest BCUT2D eigenvalue weighted by Crippen LogP contribution is -2.59. The largest absolute Gasteiger partial charge is 0.353 e. The molecule has 7 heteroatoms. The fraction of sp³-hybridized carbons (Fsp3) is 0.600.